The van der Waals surface area contributed by atoms with E-state index in [4.69, 9.17) is 0 Å². The van der Waals surface area contributed by atoms with Crippen LogP contribution >= 0.6 is 0 Å². The van der Waals surface area contributed by atoms with E-state index in [0.29, 0.717) is 0 Å². The highest BCUT2D eigenvalue weighted by molar-refractivity contribution is 6.84. The molecule has 0 saturated carbocycles. The molecule has 0 amide bonds. The zero-order chi connectivity index (χ0) is 13.5. The molecule has 0 saturated heterocycles. The molecule has 19 heavy (non-hydrogen) atoms. The zero-order valence-corrected chi connectivity index (χ0v) is 12.9. The van der Waals surface area contributed by atoms with Gasteiger partial charge in [-0.25, -0.2) is 0 Å². The van der Waals surface area contributed by atoms with Gasteiger partial charge >= 0.3 is 0 Å². The zero-order valence-electron chi connectivity index (χ0n) is 11.9. The van der Waals surface area contributed by atoms with Crippen LogP contribution in [0.15, 0.2) is 71.9 Å². The molecule has 0 heterocycles. The molecular formula is C18H20Si. The average Bonchev–Trinajstić information content (AvgIpc) is 3.18. The van der Waals surface area contributed by atoms with E-state index in [-0.39, 0.29) is 5.41 Å². The smallest absolute Gasteiger partial charge is 0.0690 e. The Kier molecular flexibility index (Phi) is 2.75. The van der Waals surface area contributed by atoms with Crippen LogP contribution in [0.1, 0.15) is 11.1 Å². The SMILES string of the molecule is C[Si](C)(C)C1=CC1(c1ccccc1)c1ccccc1. The van der Waals surface area contributed by atoms with E-state index in [2.05, 4.69) is 86.4 Å². The Balaban J connectivity index is 2.11. The van der Waals surface area contributed by atoms with Crippen LogP contribution in [-0.4, -0.2) is 8.07 Å². The van der Waals surface area contributed by atoms with Crippen molar-refractivity contribution in [2.45, 2.75) is 25.1 Å². The van der Waals surface area contributed by atoms with E-state index in [0.717, 1.165) is 0 Å². The Labute approximate surface area is 116 Å². The molecule has 96 valence electrons. The third kappa shape index (κ3) is 1.98. The topological polar surface area (TPSA) is 0 Å². The highest BCUT2D eigenvalue weighted by atomic mass is 28.3. The first-order chi connectivity index (χ1) is 9.05. The largest absolute Gasteiger partial charge is 0.0741 e. The summed E-state index contributed by atoms with van der Waals surface area (Å²) in [7, 11) is -1.26. The summed E-state index contributed by atoms with van der Waals surface area (Å²) < 4.78 is 0. The summed E-state index contributed by atoms with van der Waals surface area (Å²) in [6.07, 6.45) is 2.49. The number of benzene rings is 2. The van der Waals surface area contributed by atoms with Gasteiger partial charge in [0.2, 0.25) is 0 Å². The summed E-state index contributed by atoms with van der Waals surface area (Å²) in [5, 5.41) is 1.66. The Bertz CT molecular complexity index is 564. The van der Waals surface area contributed by atoms with Gasteiger partial charge in [0.25, 0.3) is 0 Å². The second kappa shape index (κ2) is 4.21. The molecule has 0 radical (unpaired) electrons. The number of rotatable bonds is 3. The molecule has 0 aromatic heterocycles. The van der Waals surface area contributed by atoms with Crippen molar-refractivity contribution in [2.24, 2.45) is 0 Å². The van der Waals surface area contributed by atoms with Gasteiger partial charge in [-0.1, -0.05) is 91.6 Å². The van der Waals surface area contributed by atoms with Gasteiger partial charge in [0.1, 0.15) is 0 Å². The lowest BCUT2D eigenvalue weighted by molar-refractivity contribution is 0.915. The van der Waals surface area contributed by atoms with Gasteiger partial charge in [0, 0.05) is 0 Å². The maximum atomic E-state index is 2.49. The first kappa shape index (κ1) is 12.4. The van der Waals surface area contributed by atoms with Crippen molar-refractivity contribution in [2.75, 3.05) is 0 Å². The van der Waals surface area contributed by atoms with Crippen molar-refractivity contribution >= 4 is 8.07 Å². The average molecular weight is 264 g/mol. The number of hydrogen-bond donors (Lipinski definition) is 0. The molecule has 1 aliphatic carbocycles. The van der Waals surface area contributed by atoms with Crippen molar-refractivity contribution in [3.8, 4) is 0 Å². The highest BCUT2D eigenvalue weighted by Crippen LogP contribution is 2.55. The molecule has 1 aliphatic rings. The third-order valence-electron chi connectivity index (χ3n) is 3.97. The van der Waals surface area contributed by atoms with Gasteiger partial charge in [-0.15, -0.1) is 0 Å². The van der Waals surface area contributed by atoms with Crippen LogP contribution < -0.4 is 0 Å². The Morgan fingerprint density at radius 1 is 0.684 bits per heavy atom. The molecule has 3 rings (SSSR count). The molecule has 0 spiro atoms. The van der Waals surface area contributed by atoms with Crippen molar-refractivity contribution in [3.05, 3.63) is 83.1 Å². The van der Waals surface area contributed by atoms with Crippen LogP contribution in [0.4, 0.5) is 0 Å². The Hall–Kier alpha value is -1.60. The first-order valence-electron chi connectivity index (χ1n) is 6.90. The Morgan fingerprint density at radius 2 is 1.11 bits per heavy atom. The second-order valence-electron chi connectivity index (χ2n) is 6.35. The molecule has 1 heteroatoms. The van der Waals surface area contributed by atoms with Crippen molar-refractivity contribution < 1.29 is 0 Å². The van der Waals surface area contributed by atoms with Gasteiger partial charge in [0.05, 0.1) is 13.5 Å². The summed E-state index contributed by atoms with van der Waals surface area (Å²) in [5.74, 6) is 0. The van der Waals surface area contributed by atoms with E-state index < -0.39 is 8.07 Å². The minimum absolute atomic E-state index is 0.0903. The van der Waals surface area contributed by atoms with Gasteiger partial charge in [-0.3, -0.25) is 0 Å². The van der Waals surface area contributed by atoms with Gasteiger partial charge in [-0.2, -0.15) is 0 Å². The summed E-state index contributed by atoms with van der Waals surface area (Å²) in [6, 6.07) is 21.8. The quantitative estimate of drug-likeness (QED) is 0.699. The fourth-order valence-corrected chi connectivity index (χ4v) is 5.16. The van der Waals surface area contributed by atoms with Crippen LogP contribution in [0.25, 0.3) is 0 Å². The van der Waals surface area contributed by atoms with Crippen LogP contribution in [0, 0.1) is 0 Å². The lowest BCUT2D eigenvalue weighted by Crippen LogP contribution is -2.28. The standard InChI is InChI=1S/C18H20Si/c1-19(2,3)17-14-18(17,15-10-6-4-7-11-15)16-12-8-5-9-13-16/h4-14H,1-3H3. The monoisotopic (exact) mass is 264 g/mol. The van der Waals surface area contributed by atoms with Crippen LogP contribution in [-0.2, 0) is 5.41 Å². The Morgan fingerprint density at radius 3 is 1.42 bits per heavy atom. The van der Waals surface area contributed by atoms with E-state index in [1.807, 2.05) is 0 Å². The van der Waals surface area contributed by atoms with Gasteiger partial charge in [0.15, 0.2) is 0 Å². The summed E-state index contributed by atoms with van der Waals surface area (Å²) in [4.78, 5) is 0. The van der Waals surface area contributed by atoms with Crippen LogP contribution in [0.3, 0.4) is 0 Å². The van der Waals surface area contributed by atoms with E-state index in [9.17, 15) is 0 Å². The third-order valence-corrected chi connectivity index (χ3v) is 6.12. The molecule has 2 aromatic carbocycles. The second-order valence-corrected chi connectivity index (χ2v) is 11.4. The minimum Gasteiger partial charge on any atom is -0.0690 e. The molecule has 0 aliphatic heterocycles. The van der Waals surface area contributed by atoms with Crippen LogP contribution in [0.2, 0.25) is 19.6 Å². The molecule has 2 aromatic rings. The molecule has 0 fully saturated rings. The lowest BCUT2D eigenvalue weighted by atomic mass is 9.86. The molecule has 0 bridgehead atoms. The maximum absolute atomic E-state index is 2.49. The van der Waals surface area contributed by atoms with Crippen molar-refractivity contribution in [1.29, 1.82) is 0 Å². The number of allylic oxidation sites excluding steroid dienone is 2. The summed E-state index contributed by atoms with van der Waals surface area (Å²) in [6.45, 7) is 7.31. The molecule has 0 atom stereocenters. The minimum atomic E-state index is -1.26. The fraction of sp³-hybridized carbons (Fsp3) is 0.222. The first-order valence-corrected chi connectivity index (χ1v) is 10.4. The van der Waals surface area contributed by atoms with Crippen molar-refractivity contribution in [3.63, 3.8) is 0 Å². The number of hydrogen-bond acceptors (Lipinski definition) is 0. The predicted molar refractivity (Wildman–Crippen MR) is 85.1 cm³/mol. The van der Waals surface area contributed by atoms with E-state index in [1.54, 1.807) is 5.20 Å². The molecular weight excluding hydrogens is 244 g/mol. The van der Waals surface area contributed by atoms with Crippen LogP contribution in [0.5, 0.6) is 0 Å². The fourth-order valence-electron chi connectivity index (χ4n) is 3.03. The maximum Gasteiger partial charge on any atom is 0.0741 e. The van der Waals surface area contributed by atoms with E-state index in [1.165, 1.54) is 11.1 Å². The van der Waals surface area contributed by atoms with Gasteiger partial charge in [-0.05, 0) is 11.1 Å². The lowest BCUT2D eigenvalue weighted by Gasteiger charge is -2.25. The summed E-state index contributed by atoms with van der Waals surface area (Å²) >= 11 is 0. The van der Waals surface area contributed by atoms with Crippen molar-refractivity contribution in [1.82, 2.24) is 0 Å². The van der Waals surface area contributed by atoms with Gasteiger partial charge < -0.3 is 0 Å². The molecule has 0 unspecified atom stereocenters. The molecule has 0 N–H and O–H groups in total. The molecule has 0 nitrogen and oxygen atoms in total. The van der Waals surface area contributed by atoms with E-state index >= 15 is 0 Å². The predicted octanol–water partition coefficient (Wildman–Crippen LogP) is 4.79. The normalized spacial score (nSPS) is 16.9. The highest BCUT2D eigenvalue weighted by Gasteiger charge is 2.51. The summed E-state index contributed by atoms with van der Waals surface area (Å²) in [5.41, 5.74) is 2.92.